The Kier molecular flexibility index (Phi) is 8.91. The van der Waals surface area contributed by atoms with Crippen molar-refractivity contribution in [2.45, 2.75) is 12.6 Å². The molecule has 1 aliphatic rings. The maximum absolute atomic E-state index is 11.1. The Morgan fingerprint density at radius 2 is 2.05 bits per heavy atom. The van der Waals surface area contributed by atoms with Gasteiger partial charge >= 0.3 is 5.97 Å². The number of carbonyl (C=O) groups excluding carboxylic acids is 1. The maximum Gasteiger partial charge on any atom is 0.306 e. The molecule has 0 fully saturated rings. The van der Waals surface area contributed by atoms with E-state index >= 15 is 0 Å². The molecular formula is C13H21NO6S. The summed E-state index contributed by atoms with van der Waals surface area (Å²) in [5.74, 6) is 0.989. The Balaban J connectivity index is 2.52. The Morgan fingerprint density at radius 3 is 2.71 bits per heavy atom. The summed E-state index contributed by atoms with van der Waals surface area (Å²) in [6, 6.07) is 0. The van der Waals surface area contributed by atoms with Crippen molar-refractivity contribution in [1.82, 2.24) is 5.32 Å². The topological polar surface area (TPSA) is 75.3 Å². The van der Waals surface area contributed by atoms with Gasteiger partial charge in [-0.3, -0.25) is 4.79 Å². The van der Waals surface area contributed by atoms with Crippen LogP contribution in [0.4, 0.5) is 0 Å². The van der Waals surface area contributed by atoms with Gasteiger partial charge in [0, 0.05) is 31.1 Å². The van der Waals surface area contributed by atoms with Gasteiger partial charge in [-0.25, -0.2) is 0 Å². The molecule has 0 aliphatic carbocycles. The Morgan fingerprint density at radius 1 is 1.29 bits per heavy atom. The number of carbonyl (C=O) groups is 1. The number of methoxy groups -OCH3 is 3. The highest BCUT2D eigenvalue weighted by Gasteiger charge is 2.20. The first-order valence-corrected chi connectivity index (χ1v) is 7.29. The molecule has 1 rings (SSSR count). The number of nitrogens with one attached hydrogen (secondary N) is 1. The lowest BCUT2D eigenvalue weighted by molar-refractivity contribution is -0.140. The lowest BCUT2D eigenvalue weighted by Crippen LogP contribution is -2.34. The molecular weight excluding hydrogens is 298 g/mol. The largest absolute Gasteiger partial charge is 0.469 e. The molecule has 0 aromatic rings. The second-order valence-corrected chi connectivity index (χ2v) is 5.11. The van der Waals surface area contributed by atoms with E-state index in [1.54, 1.807) is 14.2 Å². The van der Waals surface area contributed by atoms with Crippen molar-refractivity contribution in [2.24, 2.45) is 0 Å². The van der Waals surface area contributed by atoms with Crippen molar-refractivity contribution in [2.75, 3.05) is 40.7 Å². The molecule has 0 aromatic heterocycles. The lowest BCUT2D eigenvalue weighted by atomic mass is 10.3. The molecule has 0 aromatic carbocycles. The number of ether oxygens (including phenoxy) is 5. The van der Waals surface area contributed by atoms with E-state index in [0.717, 1.165) is 4.91 Å². The van der Waals surface area contributed by atoms with Crippen LogP contribution in [0, 0.1) is 0 Å². The summed E-state index contributed by atoms with van der Waals surface area (Å²) in [7, 11) is 4.47. The second-order valence-electron chi connectivity index (χ2n) is 3.94. The van der Waals surface area contributed by atoms with Crippen LogP contribution < -0.4 is 5.32 Å². The van der Waals surface area contributed by atoms with E-state index < -0.39 is 6.23 Å². The van der Waals surface area contributed by atoms with Crippen LogP contribution in [0.15, 0.2) is 22.9 Å². The molecule has 21 heavy (non-hydrogen) atoms. The Hall–Kier alpha value is -1.22. The average molecular weight is 319 g/mol. The molecule has 0 amide bonds. The predicted molar refractivity (Wildman–Crippen MR) is 78.1 cm³/mol. The highest BCUT2D eigenvalue weighted by Crippen LogP contribution is 2.24. The molecule has 0 saturated heterocycles. The molecule has 0 radical (unpaired) electrons. The number of hydrogen-bond acceptors (Lipinski definition) is 8. The van der Waals surface area contributed by atoms with Crippen molar-refractivity contribution in [1.29, 1.82) is 0 Å². The van der Waals surface area contributed by atoms with E-state index in [0.29, 0.717) is 17.9 Å². The average Bonchev–Trinajstić information content (AvgIpc) is 2.51. The van der Waals surface area contributed by atoms with Crippen LogP contribution in [-0.4, -0.2) is 52.9 Å². The van der Waals surface area contributed by atoms with Gasteiger partial charge in [-0.1, -0.05) is 0 Å². The van der Waals surface area contributed by atoms with Gasteiger partial charge in [0.2, 0.25) is 0 Å². The quantitative estimate of drug-likeness (QED) is 0.475. The highest BCUT2D eigenvalue weighted by atomic mass is 32.2. The van der Waals surface area contributed by atoms with Crippen molar-refractivity contribution >= 4 is 17.7 Å². The molecule has 1 aliphatic heterocycles. The van der Waals surface area contributed by atoms with Crippen molar-refractivity contribution in [3.05, 3.63) is 22.9 Å². The summed E-state index contributed by atoms with van der Waals surface area (Å²) < 4.78 is 25.3. The second kappa shape index (κ2) is 10.5. The molecule has 0 spiro atoms. The number of rotatable bonds is 10. The van der Waals surface area contributed by atoms with Crippen molar-refractivity contribution < 1.29 is 28.5 Å². The van der Waals surface area contributed by atoms with Gasteiger partial charge in [-0.2, -0.15) is 0 Å². The zero-order valence-electron chi connectivity index (χ0n) is 12.4. The van der Waals surface area contributed by atoms with Crippen molar-refractivity contribution in [3.8, 4) is 0 Å². The molecule has 0 bridgehead atoms. The van der Waals surface area contributed by atoms with E-state index in [9.17, 15) is 4.79 Å². The lowest BCUT2D eigenvalue weighted by Gasteiger charge is -2.25. The van der Waals surface area contributed by atoms with Gasteiger partial charge in [0.05, 0.1) is 13.5 Å². The SMILES string of the molecule is COCOC1=CC(SCCC(=O)OC)=CNC1OCOC. The molecule has 120 valence electrons. The minimum Gasteiger partial charge on any atom is -0.469 e. The minimum absolute atomic E-state index is 0.125. The zero-order valence-corrected chi connectivity index (χ0v) is 13.2. The third-order valence-electron chi connectivity index (χ3n) is 2.42. The first-order chi connectivity index (χ1) is 10.2. The first-order valence-electron chi connectivity index (χ1n) is 6.31. The fraction of sp³-hybridized carbons (Fsp3) is 0.615. The van der Waals surface area contributed by atoms with Crippen LogP contribution in [0.1, 0.15) is 6.42 Å². The van der Waals surface area contributed by atoms with Gasteiger partial charge in [-0.15, -0.1) is 11.8 Å². The van der Waals surface area contributed by atoms with Gasteiger partial charge in [0.15, 0.2) is 13.0 Å². The van der Waals surface area contributed by atoms with Gasteiger partial charge in [0.25, 0.3) is 0 Å². The van der Waals surface area contributed by atoms with E-state index in [1.165, 1.54) is 18.9 Å². The van der Waals surface area contributed by atoms with Crippen LogP contribution in [0.3, 0.4) is 0 Å². The van der Waals surface area contributed by atoms with Gasteiger partial charge in [-0.05, 0) is 6.08 Å². The fourth-order valence-corrected chi connectivity index (χ4v) is 2.30. The third kappa shape index (κ3) is 6.85. The summed E-state index contributed by atoms with van der Waals surface area (Å²) >= 11 is 1.52. The number of thioether (sulfide) groups is 1. The van der Waals surface area contributed by atoms with E-state index in [2.05, 4.69) is 10.1 Å². The van der Waals surface area contributed by atoms with Crippen LogP contribution in [0.2, 0.25) is 0 Å². The maximum atomic E-state index is 11.1. The van der Waals surface area contributed by atoms with E-state index in [-0.39, 0.29) is 19.6 Å². The Bertz CT molecular complexity index is 385. The van der Waals surface area contributed by atoms with Crippen molar-refractivity contribution in [3.63, 3.8) is 0 Å². The normalized spacial score (nSPS) is 17.6. The summed E-state index contributed by atoms with van der Waals surface area (Å²) in [4.78, 5) is 12.0. The molecule has 8 heteroatoms. The zero-order chi connectivity index (χ0) is 15.5. The summed E-state index contributed by atoms with van der Waals surface area (Å²) in [6.45, 7) is 0.268. The molecule has 0 saturated carbocycles. The standard InChI is InChI=1S/C13H21NO6S/c1-16-8-19-11-6-10(21-5-4-12(15)18-3)7-14-13(11)20-9-17-2/h6-7,13-14H,4-5,8-9H2,1-3H3. The Labute approximate surface area is 128 Å². The molecule has 1 heterocycles. The fourth-order valence-electron chi connectivity index (χ4n) is 1.45. The van der Waals surface area contributed by atoms with Gasteiger partial charge < -0.3 is 29.0 Å². The summed E-state index contributed by atoms with van der Waals surface area (Å²) in [5.41, 5.74) is 0. The first kappa shape index (κ1) is 17.8. The summed E-state index contributed by atoms with van der Waals surface area (Å²) in [5, 5.41) is 3.06. The number of esters is 1. The molecule has 1 unspecified atom stereocenters. The minimum atomic E-state index is -0.426. The number of hydrogen-bond donors (Lipinski definition) is 1. The predicted octanol–water partition coefficient (Wildman–Crippen LogP) is 1.18. The highest BCUT2D eigenvalue weighted by molar-refractivity contribution is 8.03. The van der Waals surface area contributed by atoms with Crippen LogP contribution >= 0.6 is 11.8 Å². The molecule has 7 nitrogen and oxygen atoms in total. The number of dihydropyridines is 1. The molecule has 1 N–H and O–H groups in total. The summed E-state index contributed by atoms with van der Waals surface area (Å²) in [6.07, 6.45) is 3.58. The number of allylic oxidation sites excluding steroid dienone is 1. The van der Waals surface area contributed by atoms with Gasteiger partial charge in [0.1, 0.15) is 12.6 Å². The van der Waals surface area contributed by atoms with Crippen LogP contribution in [-0.2, 0) is 28.5 Å². The monoisotopic (exact) mass is 319 g/mol. The van der Waals surface area contributed by atoms with Crippen LogP contribution in [0.5, 0.6) is 0 Å². The smallest absolute Gasteiger partial charge is 0.306 e. The van der Waals surface area contributed by atoms with Crippen LogP contribution in [0.25, 0.3) is 0 Å². The third-order valence-corrected chi connectivity index (χ3v) is 3.40. The molecule has 1 atom stereocenters. The van der Waals surface area contributed by atoms with E-state index in [4.69, 9.17) is 18.9 Å². The van der Waals surface area contributed by atoms with E-state index in [1.807, 2.05) is 12.3 Å².